The highest BCUT2D eigenvalue weighted by Gasteiger charge is 2.86. The minimum atomic E-state index is -7.40. The van der Waals surface area contributed by atoms with Crippen molar-refractivity contribution in [2.75, 3.05) is 6.67 Å². The molecule has 1 nitrogen and oxygen atoms in total. The van der Waals surface area contributed by atoms with Crippen LogP contribution in [-0.2, 0) is 0 Å². The quantitative estimate of drug-likeness (QED) is 0.774. The van der Waals surface area contributed by atoms with E-state index in [1.807, 2.05) is 0 Å². The Balaban J connectivity index is 5.80. The lowest BCUT2D eigenvalue weighted by Crippen LogP contribution is -2.67. The zero-order chi connectivity index (χ0) is 15.2. The van der Waals surface area contributed by atoms with E-state index < -0.39 is 36.5 Å². The monoisotopic (exact) mass is 300 g/mol. The molecule has 110 valence electrons. The Morgan fingerprint density at radius 2 is 0.944 bits per heavy atom. The zero-order valence-corrected chi connectivity index (χ0v) is 7.81. The summed E-state index contributed by atoms with van der Waals surface area (Å²) in [6.07, 6.45) is -6.72. The Bertz CT molecular complexity index is 303. The van der Waals surface area contributed by atoms with E-state index in [0.717, 1.165) is 0 Å². The van der Waals surface area contributed by atoms with Gasteiger partial charge < -0.3 is 5.11 Å². The Morgan fingerprint density at radius 3 is 1.17 bits per heavy atom. The summed E-state index contributed by atoms with van der Waals surface area (Å²) in [4.78, 5) is 0. The molecule has 0 saturated heterocycles. The average Bonchev–Trinajstić information content (AvgIpc) is 2.15. The van der Waals surface area contributed by atoms with E-state index in [1.54, 1.807) is 0 Å². The fourth-order valence-corrected chi connectivity index (χ4v) is 0.700. The van der Waals surface area contributed by atoms with Crippen LogP contribution in [0.25, 0.3) is 0 Å². The van der Waals surface area contributed by atoms with E-state index in [-0.39, 0.29) is 0 Å². The molecule has 0 aliphatic carbocycles. The molecule has 0 saturated carbocycles. The molecular formula is C6H3F11O. The van der Waals surface area contributed by atoms with Gasteiger partial charge in [-0.1, -0.05) is 0 Å². The molecule has 18 heavy (non-hydrogen) atoms. The van der Waals surface area contributed by atoms with Gasteiger partial charge in [-0.2, -0.15) is 43.9 Å². The molecule has 0 spiro atoms. The average molecular weight is 300 g/mol. The fourth-order valence-electron chi connectivity index (χ4n) is 0.700. The largest absolute Gasteiger partial charge is 0.423 e. The fraction of sp³-hybridized carbons (Fsp3) is 1.00. The van der Waals surface area contributed by atoms with Crippen molar-refractivity contribution < 1.29 is 53.4 Å². The summed E-state index contributed by atoms with van der Waals surface area (Å²) in [6.45, 7) is -3.50. The van der Waals surface area contributed by atoms with Crippen LogP contribution < -0.4 is 0 Å². The van der Waals surface area contributed by atoms with Crippen molar-refractivity contribution in [3.63, 3.8) is 0 Å². The molecule has 0 amide bonds. The van der Waals surface area contributed by atoms with Crippen molar-refractivity contribution in [2.24, 2.45) is 0 Å². The number of alkyl halides is 11. The van der Waals surface area contributed by atoms with Crippen molar-refractivity contribution in [1.29, 1.82) is 0 Å². The summed E-state index contributed by atoms with van der Waals surface area (Å²) in [5, 5.41) is 7.35. The molecule has 0 unspecified atom stereocenters. The Hall–Kier alpha value is -0.810. The first-order chi connectivity index (χ1) is 7.56. The normalized spacial score (nSPS) is 16.0. The lowest BCUT2D eigenvalue weighted by molar-refractivity contribution is -0.438. The van der Waals surface area contributed by atoms with Crippen LogP contribution in [-0.4, -0.2) is 41.6 Å². The predicted molar refractivity (Wildman–Crippen MR) is 32.9 cm³/mol. The van der Waals surface area contributed by atoms with Gasteiger partial charge in [0.05, 0.1) is 0 Å². The molecule has 12 heteroatoms. The lowest BCUT2D eigenvalue weighted by Gasteiger charge is -2.36. The molecular weight excluding hydrogens is 297 g/mol. The number of rotatable bonds is 5. The van der Waals surface area contributed by atoms with Crippen molar-refractivity contribution >= 4 is 0 Å². The predicted octanol–water partition coefficient (Wildman–Crippen LogP) is 3.08. The van der Waals surface area contributed by atoms with Gasteiger partial charge in [0.25, 0.3) is 0 Å². The Morgan fingerprint density at radius 1 is 0.611 bits per heavy atom. The molecule has 0 aromatic rings. The van der Waals surface area contributed by atoms with Crippen molar-refractivity contribution in [3.8, 4) is 0 Å². The second-order valence-corrected chi connectivity index (χ2v) is 3.10. The zero-order valence-electron chi connectivity index (χ0n) is 7.81. The van der Waals surface area contributed by atoms with Crippen LogP contribution in [0.3, 0.4) is 0 Å². The summed E-state index contributed by atoms with van der Waals surface area (Å²) in [5.41, 5.74) is 0. The summed E-state index contributed by atoms with van der Waals surface area (Å²) in [7, 11) is 0. The SMILES string of the molecule is OC(F)(F)C(F)(F)C(F)(F)C(F)(F)C(F)(F)CF. The van der Waals surface area contributed by atoms with Gasteiger partial charge in [-0.25, -0.2) is 4.39 Å². The summed E-state index contributed by atoms with van der Waals surface area (Å²) >= 11 is 0. The molecule has 0 aromatic heterocycles. The molecule has 0 fully saturated rings. The standard InChI is InChI=1S/C6H3F11O/c7-1-2(8,9)3(10,11)4(12,13)5(14,15)6(16,17)18/h18H,1H2. The highest BCUT2D eigenvalue weighted by molar-refractivity contribution is 5.05. The topological polar surface area (TPSA) is 20.2 Å². The summed E-state index contributed by atoms with van der Waals surface area (Å²) in [5.74, 6) is -28.1. The second-order valence-electron chi connectivity index (χ2n) is 3.10. The number of halogens is 11. The first-order valence-corrected chi connectivity index (χ1v) is 3.73. The minimum Gasteiger partial charge on any atom is -0.331 e. The number of aliphatic hydroxyl groups is 1. The van der Waals surface area contributed by atoms with Crippen LogP contribution in [0.2, 0.25) is 0 Å². The molecule has 0 radical (unpaired) electrons. The number of hydrogen-bond acceptors (Lipinski definition) is 1. The van der Waals surface area contributed by atoms with Crippen molar-refractivity contribution in [2.45, 2.75) is 29.8 Å². The molecule has 1 N–H and O–H groups in total. The van der Waals surface area contributed by atoms with E-state index in [2.05, 4.69) is 0 Å². The maximum atomic E-state index is 12.4. The summed E-state index contributed by atoms with van der Waals surface area (Å²) in [6, 6.07) is 0. The van der Waals surface area contributed by atoms with Crippen LogP contribution in [0.5, 0.6) is 0 Å². The van der Waals surface area contributed by atoms with E-state index in [4.69, 9.17) is 5.11 Å². The molecule has 0 aromatic carbocycles. The molecule has 0 heterocycles. The third-order valence-electron chi connectivity index (χ3n) is 1.79. The maximum absolute atomic E-state index is 12.4. The van der Waals surface area contributed by atoms with Gasteiger partial charge in [0, 0.05) is 0 Å². The van der Waals surface area contributed by atoms with Gasteiger partial charge >= 0.3 is 29.8 Å². The van der Waals surface area contributed by atoms with Crippen LogP contribution in [0.15, 0.2) is 0 Å². The van der Waals surface area contributed by atoms with Gasteiger partial charge in [0.15, 0.2) is 6.67 Å². The van der Waals surface area contributed by atoms with Gasteiger partial charge in [-0.15, -0.1) is 0 Å². The molecule has 0 aliphatic rings. The Labute approximate surface area is 91.2 Å². The van der Waals surface area contributed by atoms with Gasteiger partial charge in [0.1, 0.15) is 0 Å². The summed E-state index contributed by atoms with van der Waals surface area (Å²) < 4.78 is 133. The molecule has 0 rings (SSSR count). The molecule has 0 atom stereocenters. The van der Waals surface area contributed by atoms with Crippen molar-refractivity contribution in [3.05, 3.63) is 0 Å². The first-order valence-electron chi connectivity index (χ1n) is 3.73. The van der Waals surface area contributed by atoms with Crippen LogP contribution in [0, 0.1) is 0 Å². The van der Waals surface area contributed by atoms with Crippen LogP contribution in [0.4, 0.5) is 48.3 Å². The van der Waals surface area contributed by atoms with E-state index in [1.165, 1.54) is 0 Å². The lowest BCUT2D eigenvalue weighted by atomic mass is 9.98. The van der Waals surface area contributed by atoms with Crippen LogP contribution >= 0.6 is 0 Å². The highest BCUT2D eigenvalue weighted by Crippen LogP contribution is 2.56. The Kier molecular flexibility index (Phi) is 3.91. The van der Waals surface area contributed by atoms with Gasteiger partial charge in [-0.3, -0.25) is 0 Å². The maximum Gasteiger partial charge on any atom is 0.423 e. The van der Waals surface area contributed by atoms with Crippen molar-refractivity contribution in [1.82, 2.24) is 0 Å². The molecule has 0 bridgehead atoms. The van der Waals surface area contributed by atoms with Gasteiger partial charge in [-0.05, 0) is 0 Å². The smallest absolute Gasteiger partial charge is 0.331 e. The van der Waals surface area contributed by atoms with Gasteiger partial charge in [0.2, 0.25) is 0 Å². The minimum absolute atomic E-state index is 3.50. The number of hydrogen-bond donors (Lipinski definition) is 1. The van der Waals surface area contributed by atoms with E-state index in [9.17, 15) is 48.3 Å². The second kappa shape index (κ2) is 4.10. The van der Waals surface area contributed by atoms with E-state index in [0.29, 0.717) is 0 Å². The first kappa shape index (κ1) is 17.2. The molecule has 0 aliphatic heterocycles. The van der Waals surface area contributed by atoms with Crippen LogP contribution in [0.1, 0.15) is 0 Å². The highest BCUT2D eigenvalue weighted by atomic mass is 19.4. The van der Waals surface area contributed by atoms with E-state index >= 15 is 0 Å². The third-order valence-corrected chi connectivity index (χ3v) is 1.79. The third kappa shape index (κ3) is 2.10.